The molecule has 41 heavy (non-hydrogen) atoms. The number of alkyl halides is 7. The van der Waals surface area contributed by atoms with E-state index in [9.17, 15) is 49.5 Å². The van der Waals surface area contributed by atoms with Gasteiger partial charge in [0.25, 0.3) is 5.91 Å². The van der Waals surface area contributed by atoms with Crippen LogP contribution in [0.4, 0.5) is 40.8 Å². The van der Waals surface area contributed by atoms with Crippen molar-refractivity contribution in [3.63, 3.8) is 0 Å². The molecule has 1 aromatic carbocycles. The minimum absolute atomic E-state index is 0.0194. The molecule has 16 heteroatoms. The van der Waals surface area contributed by atoms with Crippen molar-refractivity contribution in [2.75, 3.05) is 25.0 Å². The van der Waals surface area contributed by atoms with E-state index in [-0.39, 0.29) is 22.7 Å². The maximum atomic E-state index is 14.7. The molecule has 1 aromatic heterocycles. The molecule has 1 aliphatic rings. The highest BCUT2D eigenvalue weighted by Crippen LogP contribution is 2.43. The molecule has 2 N–H and O–H groups in total. The number of aromatic nitrogens is 2. The minimum atomic E-state index is -5.21. The highest BCUT2D eigenvalue weighted by molar-refractivity contribution is 5.98. The molecule has 1 saturated heterocycles. The first-order chi connectivity index (χ1) is 18.9. The zero-order valence-corrected chi connectivity index (χ0v) is 22.5. The van der Waals surface area contributed by atoms with Crippen LogP contribution in [0, 0.1) is 5.82 Å². The number of likely N-dealkylation sites (tertiary alicyclic amines) is 1. The summed E-state index contributed by atoms with van der Waals surface area (Å²) in [7, 11) is 0. The average Bonchev–Trinajstić information content (AvgIpc) is 3.43. The number of hydrogen-bond donors (Lipinski definition) is 2. The number of benzene rings is 1. The summed E-state index contributed by atoms with van der Waals surface area (Å²) in [5.74, 6) is -15.8. The second kappa shape index (κ2) is 12.9. The van der Waals surface area contributed by atoms with Crippen LogP contribution < -0.4 is 10.6 Å². The van der Waals surface area contributed by atoms with Gasteiger partial charge in [-0.05, 0) is 37.6 Å². The number of halogens is 8. The van der Waals surface area contributed by atoms with Crippen LogP contribution in [-0.2, 0) is 22.3 Å². The first-order valence-corrected chi connectivity index (χ1v) is 12.4. The fourth-order valence-corrected chi connectivity index (χ4v) is 3.84. The van der Waals surface area contributed by atoms with E-state index in [1.807, 2.05) is 5.32 Å². The van der Waals surface area contributed by atoms with Gasteiger partial charge in [-0.3, -0.25) is 19.1 Å². The highest BCUT2D eigenvalue weighted by Gasteiger charge is 2.64. The predicted molar refractivity (Wildman–Crippen MR) is 131 cm³/mol. The SMILES string of the molecule is CCC.CCn1nccc1C(=O)NCC(=O)Nc1cc(C(F)(F)F)c(C(C)C(=O)N2CC(F)(F)C(F)(F)C2)cc1F. The van der Waals surface area contributed by atoms with E-state index in [2.05, 4.69) is 24.3 Å². The van der Waals surface area contributed by atoms with Crippen molar-refractivity contribution in [1.29, 1.82) is 0 Å². The summed E-state index contributed by atoms with van der Waals surface area (Å²) in [5, 5.41) is 7.95. The molecule has 2 heterocycles. The van der Waals surface area contributed by atoms with E-state index in [1.54, 1.807) is 6.92 Å². The fourth-order valence-electron chi connectivity index (χ4n) is 3.84. The number of rotatable bonds is 7. The summed E-state index contributed by atoms with van der Waals surface area (Å²) in [6, 6.07) is 1.82. The summed E-state index contributed by atoms with van der Waals surface area (Å²) >= 11 is 0. The number of aryl methyl sites for hydroxylation is 1. The van der Waals surface area contributed by atoms with Gasteiger partial charge < -0.3 is 15.5 Å². The maximum absolute atomic E-state index is 14.7. The third-order valence-corrected chi connectivity index (χ3v) is 5.84. The summed E-state index contributed by atoms with van der Waals surface area (Å²) in [5.41, 5.74) is -3.44. The summed E-state index contributed by atoms with van der Waals surface area (Å²) in [6.45, 7) is 2.94. The van der Waals surface area contributed by atoms with Gasteiger partial charge in [0.15, 0.2) is 0 Å². The largest absolute Gasteiger partial charge is 0.416 e. The first-order valence-electron chi connectivity index (χ1n) is 12.4. The second-order valence-electron chi connectivity index (χ2n) is 9.21. The highest BCUT2D eigenvalue weighted by atomic mass is 19.4. The van der Waals surface area contributed by atoms with Gasteiger partial charge in [0.05, 0.1) is 36.8 Å². The van der Waals surface area contributed by atoms with E-state index in [0.717, 1.165) is 6.92 Å². The third-order valence-electron chi connectivity index (χ3n) is 5.84. The lowest BCUT2D eigenvalue weighted by Crippen LogP contribution is -2.38. The normalized spacial score (nSPS) is 16.4. The number of anilines is 1. The van der Waals surface area contributed by atoms with E-state index >= 15 is 0 Å². The van der Waals surface area contributed by atoms with Crippen LogP contribution in [0.1, 0.15) is 61.6 Å². The smallest absolute Gasteiger partial charge is 0.342 e. The Kier molecular flexibility index (Phi) is 10.5. The third kappa shape index (κ3) is 7.73. The minimum Gasteiger partial charge on any atom is -0.342 e. The Bertz CT molecular complexity index is 1250. The number of nitrogens with zero attached hydrogens (tertiary/aromatic N) is 3. The Morgan fingerprint density at radius 2 is 1.61 bits per heavy atom. The quantitative estimate of drug-likeness (QED) is 0.435. The van der Waals surface area contributed by atoms with Crippen molar-refractivity contribution >= 4 is 23.4 Å². The van der Waals surface area contributed by atoms with Crippen LogP contribution >= 0.6 is 0 Å². The summed E-state index contributed by atoms with van der Waals surface area (Å²) in [6.07, 6.45) is -2.62. The lowest BCUT2D eigenvalue weighted by Gasteiger charge is -2.23. The van der Waals surface area contributed by atoms with Gasteiger partial charge in [0, 0.05) is 12.7 Å². The van der Waals surface area contributed by atoms with E-state index in [0.29, 0.717) is 6.54 Å². The molecule has 0 bridgehead atoms. The van der Waals surface area contributed by atoms with Crippen molar-refractivity contribution in [2.45, 2.75) is 64.6 Å². The van der Waals surface area contributed by atoms with Crippen LogP contribution in [-0.4, -0.2) is 63.9 Å². The van der Waals surface area contributed by atoms with Crippen LogP contribution in [0.5, 0.6) is 0 Å². The number of carbonyl (C=O) groups excluding carboxylic acids is 3. The molecule has 8 nitrogen and oxygen atoms in total. The van der Waals surface area contributed by atoms with Gasteiger partial charge in [-0.1, -0.05) is 20.3 Å². The molecule has 0 aliphatic carbocycles. The van der Waals surface area contributed by atoms with Crippen molar-refractivity contribution in [3.8, 4) is 0 Å². The predicted octanol–water partition coefficient (Wildman–Crippen LogP) is 5.06. The van der Waals surface area contributed by atoms with Gasteiger partial charge in [0.1, 0.15) is 11.5 Å². The Labute approximate surface area is 230 Å². The maximum Gasteiger partial charge on any atom is 0.416 e. The number of amides is 3. The molecule has 3 rings (SSSR count). The van der Waals surface area contributed by atoms with Gasteiger partial charge in [0.2, 0.25) is 11.8 Å². The lowest BCUT2D eigenvalue weighted by molar-refractivity contribution is -0.172. The van der Waals surface area contributed by atoms with Crippen molar-refractivity contribution in [2.24, 2.45) is 0 Å². The fraction of sp³-hybridized carbons (Fsp3) is 0.520. The molecule has 0 spiro atoms. The van der Waals surface area contributed by atoms with E-state index in [4.69, 9.17) is 0 Å². The molecule has 2 aromatic rings. The molecule has 1 aliphatic heterocycles. The molecule has 0 radical (unpaired) electrons. The number of carbonyl (C=O) groups is 3. The topological polar surface area (TPSA) is 96.3 Å². The van der Waals surface area contributed by atoms with Gasteiger partial charge in [-0.25, -0.2) is 4.39 Å². The van der Waals surface area contributed by atoms with Crippen LogP contribution in [0.2, 0.25) is 0 Å². The van der Waals surface area contributed by atoms with E-state index in [1.165, 1.54) is 23.4 Å². The van der Waals surface area contributed by atoms with Crippen LogP contribution in [0.3, 0.4) is 0 Å². The second-order valence-corrected chi connectivity index (χ2v) is 9.21. The molecule has 0 saturated carbocycles. The summed E-state index contributed by atoms with van der Waals surface area (Å²) < 4.78 is 111. The van der Waals surface area contributed by atoms with Gasteiger partial charge in [-0.15, -0.1) is 0 Å². The zero-order chi connectivity index (χ0) is 31.3. The molecule has 3 amide bonds. The number of nitrogens with one attached hydrogen (secondary N) is 2. The van der Waals surface area contributed by atoms with Crippen LogP contribution in [0.15, 0.2) is 24.4 Å². The first kappa shape index (κ1) is 33.5. The Morgan fingerprint density at radius 1 is 1.05 bits per heavy atom. The lowest BCUT2D eigenvalue weighted by atomic mass is 9.93. The standard InChI is InChI=1S/C22H21F8N5O3.C3H8/c1-3-35-16(4-5-32-35)18(37)31-8-17(36)33-15-7-13(22(28,29)30)12(6-14(15)23)11(2)19(38)34-9-20(24,25)21(26,27)10-34;1-3-2/h4-7,11H,3,8-10H2,1-2H3,(H,31,37)(H,33,36);3H2,1-2H3. The van der Waals surface area contributed by atoms with Crippen molar-refractivity contribution in [3.05, 3.63) is 47.0 Å². The molecule has 1 unspecified atom stereocenters. The number of hydrogen-bond acceptors (Lipinski definition) is 4. The van der Waals surface area contributed by atoms with Crippen molar-refractivity contribution in [1.82, 2.24) is 20.0 Å². The molecule has 1 fully saturated rings. The van der Waals surface area contributed by atoms with Crippen molar-refractivity contribution < 1.29 is 49.5 Å². The van der Waals surface area contributed by atoms with Gasteiger partial charge >= 0.3 is 18.0 Å². The molecule has 1 atom stereocenters. The van der Waals surface area contributed by atoms with E-state index < -0.39 is 83.9 Å². The molecule has 228 valence electrons. The summed E-state index contributed by atoms with van der Waals surface area (Å²) in [4.78, 5) is 36.9. The van der Waals surface area contributed by atoms with Gasteiger partial charge in [-0.2, -0.15) is 35.8 Å². The average molecular weight is 600 g/mol. The molecular weight excluding hydrogens is 570 g/mol. The Balaban J connectivity index is 0.00000187. The van der Waals surface area contributed by atoms with Crippen LogP contribution in [0.25, 0.3) is 0 Å². The zero-order valence-electron chi connectivity index (χ0n) is 22.5. The Morgan fingerprint density at radius 3 is 2.12 bits per heavy atom. The molecular formula is C25H29F8N5O3. The Hall–Kier alpha value is -3.72. The monoisotopic (exact) mass is 599 g/mol.